The molecule has 1 aromatic carbocycles. The first-order valence-corrected chi connectivity index (χ1v) is 10.3. The van der Waals surface area contributed by atoms with E-state index in [0.717, 1.165) is 16.3 Å². The van der Waals surface area contributed by atoms with E-state index < -0.39 is 18.4 Å². The molecule has 0 saturated heterocycles. The lowest BCUT2D eigenvalue weighted by Crippen LogP contribution is -2.28. The van der Waals surface area contributed by atoms with Crippen LogP contribution in [0.5, 0.6) is 0 Å². The highest BCUT2D eigenvalue weighted by molar-refractivity contribution is 7.16. The molecule has 0 saturated carbocycles. The van der Waals surface area contributed by atoms with Crippen LogP contribution in [0.3, 0.4) is 0 Å². The highest BCUT2D eigenvalue weighted by Crippen LogP contribution is 2.40. The number of rotatable bonds is 5. The van der Waals surface area contributed by atoms with Crippen LogP contribution in [0.25, 0.3) is 0 Å². The normalized spacial score (nSPS) is 12.3. The van der Waals surface area contributed by atoms with Crippen molar-refractivity contribution in [1.29, 1.82) is 5.26 Å². The van der Waals surface area contributed by atoms with Gasteiger partial charge in [0.15, 0.2) is 6.61 Å². The number of amides is 1. The molecular weight excluding hydrogens is 416 g/mol. The molecule has 160 valence electrons. The van der Waals surface area contributed by atoms with E-state index in [2.05, 4.69) is 5.32 Å². The van der Waals surface area contributed by atoms with Crippen molar-refractivity contribution in [3.63, 3.8) is 0 Å². The summed E-state index contributed by atoms with van der Waals surface area (Å²) in [5.41, 5.74) is 2.52. The zero-order chi connectivity index (χ0) is 22.9. The Balaban J connectivity index is 1.83. The number of ketones is 1. The number of carbonyl (C=O) groups excluding carboxylic acids is 3. The summed E-state index contributed by atoms with van der Waals surface area (Å²) in [6, 6.07) is 9.49. The Hall–Kier alpha value is -3.64. The molecule has 3 rings (SSSR count). The molecule has 1 amide bonds. The van der Waals surface area contributed by atoms with Crippen LogP contribution in [0.1, 0.15) is 27.7 Å². The number of anilines is 3. The Labute approximate surface area is 184 Å². The molecular formula is C22H22N4O4S. The number of para-hydroxylation sites is 2. The van der Waals surface area contributed by atoms with Crippen molar-refractivity contribution in [2.45, 2.75) is 20.8 Å². The van der Waals surface area contributed by atoms with E-state index in [0.29, 0.717) is 16.4 Å². The van der Waals surface area contributed by atoms with E-state index in [-0.39, 0.29) is 17.0 Å². The molecule has 0 fully saturated rings. The molecule has 8 nitrogen and oxygen atoms in total. The van der Waals surface area contributed by atoms with Crippen molar-refractivity contribution in [3.05, 3.63) is 51.7 Å². The number of esters is 1. The van der Waals surface area contributed by atoms with E-state index in [1.54, 1.807) is 30.8 Å². The van der Waals surface area contributed by atoms with E-state index in [1.807, 2.05) is 37.3 Å². The lowest BCUT2D eigenvalue weighted by molar-refractivity contribution is -0.118. The number of carbonyl (C=O) groups is 3. The highest BCUT2D eigenvalue weighted by atomic mass is 32.1. The number of nitrogens with zero attached hydrogens (tertiary/aromatic N) is 3. The number of hydrogen-bond donors (Lipinski definition) is 1. The number of nitriles is 1. The molecule has 1 aliphatic rings. The smallest absolute Gasteiger partial charge is 0.341 e. The highest BCUT2D eigenvalue weighted by Gasteiger charge is 2.32. The summed E-state index contributed by atoms with van der Waals surface area (Å²) in [5, 5.41) is 12.7. The maximum Gasteiger partial charge on any atom is 0.341 e. The molecule has 0 unspecified atom stereocenters. The number of benzene rings is 1. The second kappa shape index (κ2) is 8.62. The second-order valence-electron chi connectivity index (χ2n) is 7.09. The van der Waals surface area contributed by atoms with Crippen LogP contribution in [0.15, 0.2) is 35.7 Å². The third kappa shape index (κ3) is 4.02. The fourth-order valence-corrected chi connectivity index (χ4v) is 4.55. The van der Waals surface area contributed by atoms with Crippen molar-refractivity contribution < 1.29 is 19.1 Å². The first-order valence-electron chi connectivity index (χ1n) is 9.46. The summed E-state index contributed by atoms with van der Waals surface area (Å²) >= 11 is 1.26. The van der Waals surface area contributed by atoms with Gasteiger partial charge in [-0.3, -0.25) is 9.59 Å². The van der Waals surface area contributed by atoms with Crippen LogP contribution in [0.2, 0.25) is 0 Å². The molecule has 0 bridgehead atoms. The van der Waals surface area contributed by atoms with Crippen LogP contribution >= 0.6 is 11.3 Å². The number of aryl methyl sites for hydroxylation is 1. The predicted octanol–water partition coefficient (Wildman–Crippen LogP) is 3.37. The zero-order valence-corrected chi connectivity index (χ0v) is 18.7. The Bertz CT molecular complexity index is 1130. The lowest BCUT2D eigenvalue weighted by atomic mass is 10.1. The van der Waals surface area contributed by atoms with Gasteiger partial charge in [-0.1, -0.05) is 12.1 Å². The Morgan fingerprint density at radius 3 is 2.23 bits per heavy atom. The van der Waals surface area contributed by atoms with Crippen molar-refractivity contribution in [3.8, 4) is 6.07 Å². The summed E-state index contributed by atoms with van der Waals surface area (Å²) in [6.45, 7) is 4.34. The van der Waals surface area contributed by atoms with Gasteiger partial charge in [0.05, 0.1) is 16.9 Å². The van der Waals surface area contributed by atoms with Gasteiger partial charge in [-0.25, -0.2) is 4.79 Å². The van der Waals surface area contributed by atoms with Gasteiger partial charge in [-0.2, -0.15) is 5.26 Å². The number of fused-ring (bicyclic) bond motifs is 1. The number of thiophene rings is 1. The monoisotopic (exact) mass is 438 g/mol. The van der Waals surface area contributed by atoms with Crippen molar-refractivity contribution in [2.24, 2.45) is 0 Å². The molecule has 0 aliphatic carbocycles. The van der Waals surface area contributed by atoms with E-state index >= 15 is 0 Å². The third-order valence-corrected chi connectivity index (χ3v) is 6.19. The quantitative estimate of drug-likeness (QED) is 0.434. The molecule has 2 heterocycles. The Morgan fingerprint density at radius 1 is 1.13 bits per heavy atom. The molecule has 0 spiro atoms. The Morgan fingerprint density at radius 2 is 1.71 bits per heavy atom. The van der Waals surface area contributed by atoms with Gasteiger partial charge in [0, 0.05) is 25.9 Å². The minimum absolute atomic E-state index is 0.102. The van der Waals surface area contributed by atoms with Crippen LogP contribution in [0.4, 0.5) is 16.4 Å². The van der Waals surface area contributed by atoms with Crippen LogP contribution in [0, 0.1) is 25.2 Å². The fraction of sp³-hybridized carbons (Fsp3) is 0.273. The van der Waals surface area contributed by atoms with E-state index in [9.17, 15) is 19.6 Å². The van der Waals surface area contributed by atoms with Gasteiger partial charge in [0.25, 0.3) is 0 Å². The topological polar surface area (TPSA) is 103 Å². The number of hydrogen-bond acceptors (Lipinski definition) is 8. The van der Waals surface area contributed by atoms with Gasteiger partial charge in [-0.15, -0.1) is 11.3 Å². The largest absolute Gasteiger partial charge is 0.454 e. The SMILES string of the molecule is CC(=O)Nc1sc(C)c(C)c1C(=O)OCC(=O)C(C#N)=C1N(C)c2ccccc2N1C. The summed E-state index contributed by atoms with van der Waals surface area (Å²) < 4.78 is 5.24. The van der Waals surface area contributed by atoms with Crippen molar-refractivity contribution in [2.75, 3.05) is 35.8 Å². The van der Waals surface area contributed by atoms with E-state index in [1.165, 1.54) is 18.3 Å². The molecule has 1 aromatic heterocycles. The summed E-state index contributed by atoms with van der Waals surface area (Å²) in [5.74, 6) is -1.22. The zero-order valence-electron chi connectivity index (χ0n) is 17.9. The molecule has 1 aliphatic heterocycles. The van der Waals surface area contributed by atoms with Crippen LogP contribution in [-0.4, -0.2) is 38.4 Å². The summed E-state index contributed by atoms with van der Waals surface area (Å²) in [7, 11) is 3.54. The maximum absolute atomic E-state index is 12.8. The summed E-state index contributed by atoms with van der Waals surface area (Å²) in [6.07, 6.45) is 0. The summed E-state index contributed by atoms with van der Waals surface area (Å²) in [4.78, 5) is 41.3. The maximum atomic E-state index is 12.8. The van der Waals surface area contributed by atoms with Crippen LogP contribution < -0.4 is 15.1 Å². The minimum Gasteiger partial charge on any atom is -0.454 e. The van der Waals surface area contributed by atoms with Gasteiger partial charge < -0.3 is 19.9 Å². The van der Waals surface area contributed by atoms with Gasteiger partial charge in [0.2, 0.25) is 11.7 Å². The number of nitrogens with one attached hydrogen (secondary N) is 1. The average Bonchev–Trinajstić information content (AvgIpc) is 3.14. The molecule has 2 aromatic rings. The first kappa shape index (κ1) is 22.1. The molecule has 9 heteroatoms. The van der Waals surface area contributed by atoms with Gasteiger partial charge in [-0.05, 0) is 31.5 Å². The number of ether oxygens (including phenoxy) is 1. The van der Waals surface area contributed by atoms with Gasteiger partial charge in [0.1, 0.15) is 22.5 Å². The van der Waals surface area contributed by atoms with E-state index in [4.69, 9.17) is 4.74 Å². The standard InChI is InChI=1S/C22H22N4O4S/c1-12-13(2)31-20(24-14(3)27)19(12)22(29)30-11-18(28)15(10-23)21-25(4)16-8-6-7-9-17(16)26(21)5/h6-9H,11H2,1-5H3,(H,24,27). The van der Waals surface area contributed by atoms with Crippen molar-refractivity contribution >= 4 is 45.4 Å². The molecule has 0 radical (unpaired) electrons. The third-order valence-electron chi connectivity index (χ3n) is 5.07. The second-order valence-corrected chi connectivity index (χ2v) is 8.31. The first-order chi connectivity index (χ1) is 14.7. The molecule has 1 N–H and O–H groups in total. The molecule has 0 atom stereocenters. The predicted molar refractivity (Wildman–Crippen MR) is 119 cm³/mol. The van der Waals surface area contributed by atoms with Crippen LogP contribution in [-0.2, 0) is 14.3 Å². The lowest BCUT2D eigenvalue weighted by Gasteiger charge is -2.19. The Kier molecular flexibility index (Phi) is 6.13. The van der Waals surface area contributed by atoms with Crippen molar-refractivity contribution in [1.82, 2.24) is 0 Å². The number of Topliss-reactive ketones (excluding diaryl/α,β-unsaturated/α-hetero) is 1. The minimum atomic E-state index is -0.724. The fourth-order valence-electron chi connectivity index (χ4n) is 3.45. The van der Waals surface area contributed by atoms with Gasteiger partial charge >= 0.3 is 5.97 Å². The molecule has 31 heavy (non-hydrogen) atoms. The average molecular weight is 439 g/mol.